The van der Waals surface area contributed by atoms with E-state index in [1.54, 1.807) is 4.90 Å². The Bertz CT molecular complexity index is 641. The maximum atomic E-state index is 13.6. The number of esters is 1. The van der Waals surface area contributed by atoms with Crippen molar-refractivity contribution in [3.63, 3.8) is 0 Å². The Kier molecular flexibility index (Phi) is 5.83. The smallest absolute Gasteiger partial charge is 0.308 e. The first-order valence-corrected chi connectivity index (χ1v) is 7.68. The molecule has 0 aromatic heterocycles. The number of carbonyl (C=O) groups excluding carboxylic acids is 2. The van der Waals surface area contributed by atoms with Crippen molar-refractivity contribution in [2.45, 2.75) is 25.7 Å². The van der Waals surface area contributed by atoms with E-state index in [4.69, 9.17) is 0 Å². The highest BCUT2D eigenvalue weighted by atomic mass is 19.1. The minimum atomic E-state index is -0.943. The molecule has 0 radical (unpaired) electrons. The van der Waals surface area contributed by atoms with Gasteiger partial charge < -0.3 is 9.64 Å². The maximum Gasteiger partial charge on any atom is 0.308 e. The number of nitro groups is 1. The van der Waals surface area contributed by atoms with Gasteiger partial charge in [0.25, 0.3) is 0 Å². The van der Waals surface area contributed by atoms with Crippen LogP contribution < -0.4 is 0 Å². The zero-order valence-electron chi connectivity index (χ0n) is 13.4. The second-order valence-corrected chi connectivity index (χ2v) is 5.79. The summed E-state index contributed by atoms with van der Waals surface area (Å²) < 4.78 is 18.2. The minimum Gasteiger partial charge on any atom is -0.469 e. The van der Waals surface area contributed by atoms with Crippen LogP contribution in [0.4, 0.5) is 10.1 Å². The predicted octanol–water partition coefficient (Wildman–Crippen LogP) is 2.08. The second kappa shape index (κ2) is 7.85. The number of piperidine rings is 1. The summed E-state index contributed by atoms with van der Waals surface area (Å²) in [6, 6.07) is 3.75. The number of para-hydroxylation sites is 1. The van der Waals surface area contributed by atoms with Crippen LogP contribution in [0.15, 0.2) is 18.2 Å². The van der Waals surface area contributed by atoms with Gasteiger partial charge in [-0.3, -0.25) is 19.7 Å². The highest BCUT2D eigenvalue weighted by Crippen LogP contribution is 2.25. The van der Waals surface area contributed by atoms with Crippen molar-refractivity contribution in [1.29, 1.82) is 0 Å². The molecule has 1 heterocycles. The molecule has 1 aromatic carbocycles. The standard InChI is InChI=1S/C16H19FN2O5/c1-24-15(21)9-11-5-7-18(8-6-11)14(20)10-12-3-2-4-13(17)16(12)19(22)23/h2-4,11H,5-10H2,1H3. The lowest BCUT2D eigenvalue weighted by molar-refractivity contribution is -0.388. The number of hydrogen-bond acceptors (Lipinski definition) is 5. The average Bonchev–Trinajstić information content (AvgIpc) is 2.55. The molecule has 24 heavy (non-hydrogen) atoms. The van der Waals surface area contributed by atoms with E-state index in [0.29, 0.717) is 32.4 Å². The van der Waals surface area contributed by atoms with E-state index in [2.05, 4.69) is 4.74 Å². The minimum absolute atomic E-state index is 0.0710. The molecule has 1 saturated heterocycles. The fourth-order valence-electron chi connectivity index (χ4n) is 2.89. The summed E-state index contributed by atoms with van der Waals surface area (Å²) >= 11 is 0. The van der Waals surface area contributed by atoms with Crippen LogP contribution in [0.25, 0.3) is 0 Å². The molecule has 1 aliphatic rings. The molecule has 0 unspecified atom stereocenters. The molecule has 0 atom stereocenters. The third-order valence-electron chi connectivity index (χ3n) is 4.24. The lowest BCUT2D eigenvalue weighted by Gasteiger charge is -2.31. The van der Waals surface area contributed by atoms with Gasteiger partial charge in [-0.15, -0.1) is 0 Å². The number of nitrogens with zero attached hydrogens (tertiary/aromatic N) is 2. The number of methoxy groups -OCH3 is 1. The molecule has 1 fully saturated rings. The van der Waals surface area contributed by atoms with Gasteiger partial charge in [0.05, 0.1) is 18.5 Å². The van der Waals surface area contributed by atoms with Crippen molar-refractivity contribution in [3.8, 4) is 0 Å². The summed E-state index contributed by atoms with van der Waals surface area (Å²) in [6.07, 6.45) is 1.46. The molecule has 1 amide bonds. The fraction of sp³-hybridized carbons (Fsp3) is 0.500. The maximum absolute atomic E-state index is 13.6. The van der Waals surface area contributed by atoms with Gasteiger partial charge in [0.15, 0.2) is 0 Å². The Morgan fingerprint density at radius 1 is 1.38 bits per heavy atom. The molecule has 0 spiro atoms. The van der Waals surface area contributed by atoms with E-state index in [1.807, 2.05) is 0 Å². The van der Waals surface area contributed by atoms with Crippen molar-refractivity contribution >= 4 is 17.6 Å². The summed E-state index contributed by atoms with van der Waals surface area (Å²) in [7, 11) is 1.34. The van der Waals surface area contributed by atoms with Gasteiger partial charge in [-0.05, 0) is 24.8 Å². The third kappa shape index (κ3) is 4.27. The number of ether oxygens (including phenoxy) is 1. The summed E-state index contributed by atoms with van der Waals surface area (Å²) in [5, 5.41) is 11.0. The summed E-state index contributed by atoms with van der Waals surface area (Å²) in [5.74, 6) is -1.32. The van der Waals surface area contributed by atoms with Crippen molar-refractivity contribution in [2.75, 3.05) is 20.2 Å². The number of amides is 1. The molecule has 0 bridgehead atoms. The summed E-state index contributed by atoms with van der Waals surface area (Å²) in [4.78, 5) is 35.4. The van der Waals surface area contributed by atoms with Crippen LogP contribution in [0.1, 0.15) is 24.8 Å². The number of halogens is 1. The molecule has 0 aliphatic carbocycles. The van der Waals surface area contributed by atoms with Crippen LogP contribution in [0.2, 0.25) is 0 Å². The Morgan fingerprint density at radius 2 is 2.04 bits per heavy atom. The molecule has 130 valence electrons. The first-order chi connectivity index (χ1) is 11.4. The molecule has 0 saturated carbocycles. The highest BCUT2D eigenvalue weighted by Gasteiger charge is 2.27. The number of hydrogen-bond donors (Lipinski definition) is 0. The number of rotatable bonds is 5. The average molecular weight is 338 g/mol. The van der Waals surface area contributed by atoms with Crippen molar-refractivity contribution in [2.24, 2.45) is 5.92 Å². The van der Waals surface area contributed by atoms with E-state index >= 15 is 0 Å². The third-order valence-corrected chi connectivity index (χ3v) is 4.24. The zero-order chi connectivity index (χ0) is 17.7. The van der Waals surface area contributed by atoms with Gasteiger partial charge in [0, 0.05) is 25.1 Å². The molecule has 7 nitrogen and oxygen atoms in total. The van der Waals surface area contributed by atoms with Crippen LogP contribution in [-0.4, -0.2) is 41.9 Å². The molecule has 1 aliphatic heterocycles. The zero-order valence-corrected chi connectivity index (χ0v) is 13.4. The molecule has 1 aromatic rings. The van der Waals surface area contributed by atoms with Gasteiger partial charge in [-0.1, -0.05) is 12.1 Å². The van der Waals surface area contributed by atoms with Crippen molar-refractivity contribution < 1.29 is 23.6 Å². The molecule has 8 heteroatoms. The number of likely N-dealkylation sites (tertiary alicyclic amines) is 1. The Labute approximate surface area is 138 Å². The summed E-state index contributed by atoms with van der Waals surface area (Å²) in [5.41, 5.74) is -0.576. The van der Waals surface area contributed by atoms with Gasteiger partial charge in [0.2, 0.25) is 11.7 Å². The van der Waals surface area contributed by atoms with E-state index in [0.717, 1.165) is 6.07 Å². The largest absolute Gasteiger partial charge is 0.469 e. The molecular weight excluding hydrogens is 319 g/mol. The first kappa shape index (κ1) is 17.8. The number of benzene rings is 1. The van der Waals surface area contributed by atoms with E-state index < -0.39 is 16.4 Å². The Morgan fingerprint density at radius 3 is 2.62 bits per heavy atom. The van der Waals surface area contributed by atoms with Crippen molar-refractivity contribution in [1.82, 2.24) is 4.90 Å². The predicted molar refractivity (Wildman–Crippen MR) is 82.7 cm³/mol. The quantitative estimate of drug-likeness (QED) is 0.466. The Balaban J connectivity index is 1.96. The number of carbonyl (C=O) groups is 2. The fourth-order valence-corrected chi connectivity index (χ4v) is 2.89. The van der Waals surface area contributed by atoms with Crippen LogP contribution >= 0.6 is 0 Å². The normalized spacial score (nSPS) is 15.2. The van der Waals surface area contributed by atoms with Crippen LogP contribution in [0, 0.1) is 21.8 Å². The van der Waals surface area contributed by atoms with Gasteiger partial charge in [-0.2, -0.15) is 4.39 Å². The lowest BCUT2D eigenvalue weighted by Crippen LogP contribution is -2.39. The van der Waals surface area contributed by atoms with Crippen molar-refractivity contribution in [3.05, 3.63) is 39.7 Å². The monoisotopic (exact) mass is 338 g/mol. The lowest BCUT2D eigenvalue weighted by atomic mass is 9.93. The first-order valence-electron chi connectivity index (χ1n) is 7.68. The van der Waals surface area contributed by atoms with Gasteiger partial charge in [0.1, 0.15) is 0 Å². The van der Waals surface area contributed by atoms with Gasteiger partial charge in [-0.25, -0.2) is 0 Å². The van der Waals surface area contributed by atoms with Gasteiger partial charge >= 0.3 is 11.7 Å². The van der Waals surface area contributed by atoms with Crippen LogP contribution in [0.5, 0.6) is 0 Å². The van der Waals surface area contributed by atoms with E-state index in [1.165, 1.54) is 19.2 Å². The Hall–Kier alpha value is -2.51. The molecule has 2 rings (SSSR count). The van der Waals surface area contributed by atoms with Crippen LogP contribution in [-0.2, 0) is 20.7 Å². The van der Waals surface area contributed by atoms with E-state index in [9.17, 15) is 24.1 Å². The second-order valence-electron chi connectivity index (χ2n) is 5.79. The highest BCUT2D eigenvalue weighted by molar-refractivity contribution is 5.80. The number of nitro benzene ring substituents is 1. The molecular formula is C16H19FN2O5. The summed E-state index contributed by atoms with van der Waals surface area (Å²) in [6.45, 7) is 0.952. The SMILES string of the molecule is COC(=O)CC1CCN(C(=O)Cc2cccc(F)c2[N+](=O)[O-])CC1. The topological polar surface area (TPSA) is 89.8 Å². The molecule has 0 N–H and O–H groups in total. The van der Waals surface area contributed by atoms with E-state index in [-0.39, 0.29) is 29.8 Å². The van der Waals surface area contributed by atoms with Crippen LogP contribution in [0.3, 0.4) is 0 Å².